The SMILES string of the molecule is CCCC(C)(C)OC(=O)C(N)=O. The van der Waals surface area contributed by atoms with E-state index in [1.807, 2.05) is 6.92 Å². The van der Waals surface area contributed by atoms with Crippen molar-refractivity contribution < 1.29 is 14.3 Å². The quantitative estimate of drug-likeness (QED) is 0.501. The van der Waals surface area contributed by atoms with E-state index in [0.717, 1.165) is 6.42 Å². The van der Waals surface area contributed by atoms with Crippen LogP contribution in [0, 0.1) is 0 Å². The van der Waals surface area contributed by atoms with E-state index >= 15 is 0 Å². The van der Waals surface area contributed by atoms with Gasteiger partial charge in [0.2, 0.25) is 0 Å². The first-order chi connectivity index (χ1) is 5.39. The summed E-state index contributed by atoms with van der Waals surface area (Å²) in [5, 5.41) is 0. The Morgan fingerprint density at radius 2 is 1.92 bits per heavy atom. The Morgan fingerprint density at radius 1 is 1.42 bits per heavy atom. The highest BCUT2D eigenvalue weighted by molar-refractivity contribution is 6.31. The van der Waals surface area contributed by atoms with Gasteiger partial charge in [-0.3, -0.25) is 4.79 Å². The normalized spacial score (nSPS) is 10.9. The van der Waals surface area contributed by atoms with Gasteiger partial charge in [0.05, 0.1) is 0 Å². The van der Waals surface area contributed by atoms with Crippen molar-refractivity contribution >= 4 is 11.9 Å². The molecular formula is C8H15NO3. The Balaban J connectivity index is 4.05. The van der Waals surface area contributed by atoms with Crippen molar-refractivity contribution in [1.82, 2.24) is 0 Å². The molecule has 0 atom stereocenters. The van der Waals surface area contributed by atoms with Crippen LogP contribution in [-0.4, -0.2) is 17.5 Å². The van der Waals surface area contributed by atoms with Crippen molar-refractivity contribution in [1.29, 1.82) is 0 Å². The second-order valence-corrected chi connectivity index (χ2v) is 3.26. The molecule has 0 aromatic heterocycles. The van der Waals surface area contributed by atoms with E-state index in [9.17, 15) is 9.59 Å². The molecule has 4 heteroatoms. The molecule has 70 valence electrons. The largest absolute Gasteiger partial charge is 0.453 e. The number of hydrogen-bond acceptors (Lipinski definition) is 3. The number of ether oxygens (including phenoxy) is 1. The van der Waals surface area contributed by atoms with Crippen LogP contribution in [-0.2, 0) is 14.3 Å². The van der Waals surface area contributed by atoms with Crippen molar-refractivity contribution in [3.8, 4) is 0 Å². The molecule has 0 rings (SSSR count). The summed E-state index contributed by atoms with van der Waals surface area (Å²) in [5.41, 5.74) is 4.13. The lowest BCUT2D eigenvalue weighted by Gasteiger charge is -2.23. The first-order valence-corrected chi connectivity index (χ1v) is 3.92. The number of hydrogen-bond donors (Lipinski definition) is 1. The Labute approximate surface area is 72.1 Å². The Kier molecular flexibility index (Phi) is 3.73. The van der Waals surface area contributed by atoms with Crippen molar-refractivity contribution in [2.24, 2.45) is 5.73 Å². The number of amides is 1. The minimum Gasteiger partial charge on any atom is -0.453 e. The number of esters is 1. The van der Waals surface area contributed by atoms with Gasteiger partial charge < -0.3 is 10.5 Å². The smallest absolute Gasteiger partial charge is 0.397 e. The lowest BCUT2D eigenvalue weighted by Crippen LogP contribution is -2.34. The monoisotopic (exact) mass is 173 g/mol. The van der Waals surface area contributed by atoms with Crippen LogP contribution in [0.4, 0.5) is 0 Å². The summed E-state index contributed by atoms with van der Waals surface area (Å²) < 4.78 is 4.83. The molecular weight excluding hydrogens is 158 g/mol. The van der Waals surface area contributed by atoms with Crippen LogP contribution in [0.5, 0.6) is 0 Å². The molecule has 4 nitrogen and oxygen atoms in total. The molecule has 0 fully saturated rings. The molecule has 1 amide bonds. The molecule has 2 N–H and O–H groups in total. The molecule has 0 aromatic carbocycles. The second-order valence-electron chi connectivity index (χ2n) is 3.26. The van der Waals surface area contributed by atoms with Crippen LogP contribution in [0.15, 0.2) is 0 Å². The highest BCUT2D eigenvalue weighted by atomic mass is 16.6. The molecule has 0 unspecified atom stereocenters. The molecule has 0 aromatic rings. The zero-order valence-corrected chi connectivity index (χ0v) is 7.72. The third-order valence-corrected chi connectivity index (χ3v) is 1.42. The van der Waals surface area contributed by atoms with Crippen molar-refractivity contribution in [3.05, 3.63) is 0 Å². The van der Waals surface area contributed by atoms with Gasteiger partial charge in [-0.05, 0) is 20.3 Å². The summed E-state index contributed by atoms with van der Waals surface area (Å²) in [7, 11) is 0. The number of carbonyl (C=O) groups is 2. The maximum atomic E-state index is 10.7. The van der Waals surface area contributed by atoms with Crippen molar-refractivity contribution in [2.45, 2.75) is 39.2 Å². The molecule has 0 saturated carbocycles. The Bertz CT molecular complexity index is 187. The van der Waals surface area contributed by atoms with Crippen LogP contribution >= 0.6 is 0 Å². The number of nitrogens with two attached hydrogens (primary N) is 1. The summed E-state index contributed by atoms with van der Waals surface area (Å²) in [5.74, 6) is -2.01. The predicted octanol–water partition coefficient (Wildman–Crippen LogP) is 0.594. The van der Waals surface area contributed by atoms with Gasteiger partial charge >= 0.3 is 11.9 Å². The molecule has 0 radical (unpaired) electrons. The first kappa shape index (κ1) is 10.9. The average molecular weight is 173 g/mol. The second kappa shape index (κ2) is 4.09. The van der Waals surface area contributed by atoms with E-state index in [-0.39, 0.29) is 0 Å². The zero-order valence-electron chi connectivity index (χ0n) is 7.72. The van der Waals surface area contributed by atoms with Gasteiger partial charge in [0.1, 0.15) is 5.60 Å². The average Bonchev–Trinajstić information content (AvgIpc) is 1.85. The van der Waals surface area contributed by atoms with Crippen LogP contribution in [0.25, 0.3) is 0 Å². The molecule has 0 saturated heterocycles. The summed E-state index contributed by atoms with van der Waals surface area (Å²) in [6.07, 6.45) is 1.60. The van der Waals surface area contributed by atoms with E-state index in [4.69, 9.17) is 10.5 Å². The summed E-state index contributed by atoms with van der Waals surface area (Å²) in [4.78, 5) is 21.1. The minimum atomic E-state index is -1.04. The van der Waals surface area contributed by atoms with Gasteiger partial charge in [0.25, 0.3) is 0 Å². The minimum absolute atomic E-state index is 0.596. The van der Waals surface area contributed by atoms with Gasteiger partial charge in [-0.15, -0.1) is 0 Å². The van der Waals surface area contributed by atoms with Crippen LogP contribution < -0.4 is 5.73 Å². The van der Waals surface area contributed by atoms with Crippen LogP contribution in [0.2, 0.25) is 0 Å². The number of primary amides is 1. The number of rotatable bonds is 3. The van der Waals surface area contributed by atoms with Crippen molar-refractivity contribution in [2.75, 3.05) is 0 Å². The van der Waals surface area contributed by atoms with Gasteiger partial charge in [-0.1, -0.05) is 13.3 Å². The Morgan fingerprint density at radius 3 is 2.25 bits per heavy atom. The fourth-order valence-corrected chi connectivity index (χ4v) is 0.954. The van der Waals surface area contributed by atoms with Gasteiger partial charge in [-0.25, -0.2) is 4.79 Å². The topological polar surface area (TPSA) is 69.4 Å². The third kappa shape index (κ3) is 3.95. The maximum Gasteiger partial charge on any atom is 0.397 e. The summed E-state index contributed by atoms with van der Waals surface area (Å²) >= 11 is 0. The third-order valence-electron chi connectivity index (χ3n) is 1.42. The lowest BCUT2D eigenvalue weighted by molar-refractivity contribution is -0.163. The number of carbonyl (C=O) groups excluding carboxylic acids is 2. The molecule has 0 aliphatic heterocycles. The van der Waals surface area contributed by atoms with E-state index in [1.54, 1.807) is 13.8 Å². The first-order valence-electron chi connectivity index (χ1n) is 3.92. The summed E-state index contributed by atoms with van der Waals surface area (Å²) in [6, 6.07) is 0. The molecule has 0 heterocycles. The fourth-order valence-electron chi connectivity index (χ4n) is 0.954. The van der Waals surface area contributed by atoms with Gasteiger partial charge in [0, 0.05) is 0 Å². The standard InChI is InChI=1S/C8H15NO3/c1-4-5-8(2,3)12-7(11)6(9)10/h4-5H2,1-3H3,(H2,9,10). The lowest BCUT2D eigenvalue weighted by atomic mass is 10.0. The van der Waals surface area contributed by atoms with Crippen LogP contribution in [0.3, 0.4) is 0 Å². The maximum absolute atomic E-state index is 10.7. The van der Waals surface area contributed by atoms with Gasteiger partial charge in [0.15, 0.2) is 0 Å². The molecule has 12 heavy (non-hydrogen) atoms. The van der Waals surface area contributed by atoms with E-state index in [1.165, 1.54) is 0 Å². The highest BCUT2D eigenvalue weighted by Gasteiger charge is 2.24. The Hall–Kier alpha value is -1.06. The predicted molar refractivity (Wildman–Crippen MR) is 44.3 cm³/mol. The summed E-state index contributed by atoms with van der Waals surface area (Å²) in [6.45, 7) is 5.47. The van der Waals surface area contributed by atoms with Gasteiger partial charge in [-0.2, -0.15) is 0 Å². The zero-order chi connectivity index (χ0) is 9.78. The van der Waals surface area contributed by atoms with Crippen LogP contribution in [0.1, 0.15) is 33.6 Å². The molecule has 0 aliphatic rings. The highest BCUT2D eigenvalue weighted by Crippen LogP contribution is 2.16. The molecule has 0 spiro atoms. The van der Waals surface area contributed by atoms with E-state index < -0.39 is 17.5 Å². The van der Waals surface area contributed by atoms with E-state index in [0.29, 0.717) is 6.42 Å². The van der Waals surface area contributed by atoms with Crippen molar-refractivity contribution in [3.63, 3.8) is 0 Å². The molecule has 0 aliphatic carbocycles. The van der Waals surface area contributed by atoms with E-state index in [2.05, 4.69) is 0 Å². The molecule has 0 bridgehead atoms. The fraction of sp³-hybridized carbons (Fsp3) is 0.750.